The van der Waals surface area contributed by atoms with E-state index in [2.05, 4.69) is 5.10 Å². The zero-order valence-electron chi connectivity index (χ0n) is 8.23. The quantitative estimate of drug-likeness (QED) is 0.745. The standard InChI is InChI=1S/C11H12N2O/c1-8-3-5-10(6-4-8)13-7-11(14)9(2)12-13/h3-7,14H,1-2H3. The van der Waals surface area contributed by atoms with Gasteiger partial charge in [0, 0.05) is 0 Å². The Morgan fingerprint density at radius 2 is 1.79 bits per heavy atom. The molecule has 0 spiro atoms. The van der Waals surface area contributed by atoms with Crippen LogP contribution in [0.4, 0.5) is 0 Å². The van der Waals surface area contributed by atoms with Gasteiger partial charge in [0.2, 0.25) is 0 Å². The number of benzene rings is 1. The largest absolute Gasteiger partial charge is 0.504 e. The third-order valence-corrected chi connectivity index (χ3v) is 2.17. The molecule has 0 unspecified atom stereocenters. The number of aryl methyl sites for hydroxylation is 2. The molecular formula is C11H12N2O. The monoisotopic (exact) mass is 188 g/mol. The first-order valence-corrected chi connectivity index (χ1v) is 4.49. The Bertz CT molecular complexity index is 423. The van der Waals surface area contributed by atoms with Crippen LogP contribution in [-0.2, 0) is 0 Å². The fourth-order valence-electron chi connectivity index (χ4n) is 1.28. The van der Waals surface area contributed by atoms with Crippen LogP contribution in [-0.4, -0.2) is 14.9 Å². The van der Waals surface area contributed by atoms with Crippen molar-refractivity contribution in [2.75, 3.05) is 0 Å². The Hall–Kier alpha value is -1.77. The molecule has 0 aliphatic rings. The van der Waals surface area contributed by atoms with Gasteiger partial charge < -0.3 is 5.11 Å². The number of nitrogens with zero attached hydrogens (tertiary/aromatic N) is 2. The van der Waals surface area contributed by atoms with Crippen LogP contribution < -0.4 is 0 Å². The molecule has 0 aliphatic heterocycles. The fraction of sp³-hybridized carbons (Fsp3) is 0.182. The van der Waals surface area contributed by atoms with Crippen molar-refractivity contribution in [2.45, 2.75) is 13.8 Å². The Balaban J connectivity index is 2.44. The van der Waals surface area contributed by atoms with Gasteiger partial charge in [0.05, 0.1) is 11.9 Å². The number of aromatic hydroxyl groups is 1. The van der Waals surface area contributed by atoms with Crippen LogP contribution in [0.15, 0.2) is 30.5 Å². The average molecular weight is 188 g/mol. The zero-order chi connectivity index (χ0) is 10.1. The molecule has 1 aromatic heterocycles. The SMILES string of the molecule is Cc1ccc(-n2cc(O)c(C)n2)cc1. The maximum Gasteiger partial charge on any atom is 0.156 e. The van der Waals surface area contributed by atoms with Crippen LogP contribution in [0.1, 0.15) is 11.3 Å². The first-order valence-electron chi connectivity index (χ1n) is 4.49. The van der Waals surface area contributed by atoms with Crippen molar-refractivity contribution in [1.82, 2.24) is 9.78 Å². The van der Waals surface area contributed by atoms with Crippen LogP contribution in [0.3, 0.4) is 0 Å². The van der Waals surface area contributed by atoms with Crippen LogP contribution in [0, 0.1) is 13.8 Å². The predicted octanol–water partition coefficient (Wildman–Crippen LogP) is 2.19. The summed E-state index contributed by atoms with van der Waals surface area (Å²) in [5.74, 6) is 0.227. The van der Waals surface area contributed by atoms with Crippen molar-refractivity contribution in [1.29, 1.82) is 0 Å². The second kappa shape index (κ2) is 3.18. The van der Waals surface area contributed by atoms with Gasteiger partial charge in [-0.25, -0.2) is 4.68 Å². The molecule has 0 radical (unpaired) electrons. The summed E-state index contributed by atoms with van der Waals surface area (Å²) < 4.78 is 1.67. The maximum absolute atomic E-state index is 9.37. The summed E-state index contributed by atoms with van der Waals surface area (Å²) in [6.45, 7) is 3.82. The predicted molar refractivity (Wildman–Crippen MR) is 54.7 cm³/mol. The summed E-state index contributed by atoms with van der Waals surface area (Å²) in [6.07, 6.45) is 1.61. The number of hydrogen-bond donors (Lipinski definition) is 1. The van der Waals surface area contributed by atoms with Gasteiger partial charge in [-0.05, 0) is 26.0 Å². The highest BCUT2D eigenvalue weighted by Gasteiger charge is 2.03. The zero-order valence-corrected chi connectivity index (χ0v) is 8.23. The molecule has 14 heavy (non-hydrogen) atoms. The summed E-state index contributed by atoms with van der Waals surface area (Å²) >= 11 is 0. The minimum atomic E-state index is 0.227. The lowest BCUT2D eigenvalue weighted by atomic mass is 10.2. The maximum atomic E-state index is 9.37. The van der Waals surface area contributed by atoms with E-state index in [1.807, 2.05) is 31.2 Å². The molecule has 1 aromatic carbocycles. The van der Waals surface area contributed by atoms with Crippen molar-refractivity contribution < 1.29 is 5.11 Å². The molecule has 0 atom stereocenters. The molecule has 1 N–H and O–H groups in total. The van der Waals surface area contributed by atoms with E-state index < -0.39 is 0 Å². The Kier molecular flexibility index (Phi) is 2.00. The van der Waals surface area contributed by atoms with E-state index in [1.165, 1.54) is 5.56 Å². The van der Waals surface area contributed by atoms with Crippen molar-refractivity contribution in [2.24, 2.45) is 0 Å². The molecule has 3 heteroatoms. The molecule has 0 saturated heterocycles. The lowest BCUT2D eigenvalue weighted by molar-refractivity contribution is 0.471. The highest BCUT2D eigenvalue weighted by molar-refractivity contribution is 5.36. The molecule has 0 fully saturated rings. The van der Waals surface area contributed by atoms with Gasteiger partial charge in [0.15, 0.2) is 5.75 Å². The molecule has 0 aliphatic carbocycles. The molecule has 0 bridgehead atoms. The molecule has 0 saturated carbocycles. The minimum absolute atomic E-state index is 0.227. The summed E-state index contributed by atoms with van der Waals surface area (Å²) in [7, 11) is 0. The normalized spacial score (nSPS) is 10.4. The van der Waals surface area contributed by atoms with Crippen LogP contribution in [0.5, 0.6) is 5.75 Å². The smallest absolute Gasteiger partial charge is 0.156 e. The van der Waals surface area contributed by atoms with E-state index >= 15 is 0 Å². The molecule has 3 nitrogen and oxygen atoms in total. The van der Waals surface area contributed by atoms with Gasteiger partial charge in [0.25, 0.3) is 0 Å². The van der Waals surface area contributed by atoms with Crippen molar-refractivity contribution in [3.05, 3.63) is 41.7 Å². The van der Waals surface area contributed by atoms with E-state index in [-0.39, 0.29) is 5.75 Å². The lowest BCUT2D eigenvalue weighted by Crippen LogP contribution is -1.94. The van der Waals surface area contributed by atoms with Crippen molar-refractivity contribution >= 4 is 0 Å². The molecule has 2 rings (SSSR count). The Morgan fingerprint density at radius 3 is 2.29 bits per heavy atom. The van der Waals surface area contributed by atoms with Gasteiger partial charge in [0.1, 0.15) is 5.69 Å². The van der Waals surface area contributed by atoms with Crippen molar-refractivity contribution in [3.8, 4) is 11.4 Å². The number of aromatic nitrogens is 2. The van der Waals surface area contributed by atoms with Crippen molar-refractivity contribution in [3.63, 3.8) is 0 Å². The topological polar surface area (TPSA) is 38.0 Å². The fourth-order valence-corrected chi connectivity index (χ4v) is 1.28. The lowest BCUT2D eigenvalue weighted by Gasteiger charge is -2.00. The summed E-state index contributed by atoms with van der Waals surface area (Å²) in [4.78, 5) is 0. The highest BCUT2D eigenvalue weighted by atomic mass is 16.3. The third-order valence-electron chi connectivity index (χ3n) is 2.17. The summed E-state index contributed by atoms with van der Waals surface area (Å²) in [5, 5.41) is 13.5. The van der Waals surface area contributed by atoms with Crippen LogP contribution in [0.2, 0.25) is 0 Å². The molecular weight excluding hydrogens is 176 g/mol. The van der Waals surface area contributed by atoms with Gasteiger partial charge in [-0.15, -0.1) is 0 Å². The summed E-state index contributed by atoms with van der Waals surface area (Å²) in [6, 6.07) is 7.98. The molecule has 72 valence electrons. The number of rotatable bonds is 1. The third kappa shape index (κ3) is 1.48. The van der Waals surface area contributed by atoms with Crippen LogP contribution >= 0.6 is 0 Å². The van der Waals surface area contributed by atoms with E-state index in [1.54, 1.807) is 17.8 Å². The first-order chi connectivity index (χ1) is 6.66. The van der Waals surface area contributed by atoms with Gasteiger partial charge >= 0.3 is 0 Å². The second-order valence-electron chi connectivity index (χ2n) is 3.38. The van der Waals surface area contributed by atoms with E-state index in [0.29, 0.717) is 5.69 Å². The summed E-state index contributed by atoms with van der Waals surface area (Å²) in [5.41, 5.74) is 2.81. The Labute approximate surface area is 82.6 Å². The van der Waals surface area contributed by atoms with E-state index in [0.717, 1.165) is 5.69 Å². The second-order valence-corrected chi connectivity index (χ2v) is 3.38. The molecule has 1 heterocycles. The number of hydrogen-bond acceptors (Lipinski definition) is 2. The Morgan fingerprint density at radius 1 is 1.14 bits per heavy atom. The van der Waals surface area contributed by atoms with E-state index in [9.17, 15) is 5.11 Å². The van der Waals surface area contributed by atoms with E-state index in [4.69, 9.17) is 0 Å². The first kappa shape index (κ1) is 8.81. The van der Waals surface area contributed by atoms with Crippen LogP contribution in [0.25, 0.3) is 5.69 Å². The van der Waals surface area contributed by atoms with Gasteiger partial charge in [-0.3, -0.25) is 0 Å². The average Bonchev–Trinajstić information content (AvgIpc) is 2.48. The molecule has 0 amide bonds. The highest BCUT2D eigenvalue weighted by Crippen LogP contribution is 2.16. The molecule has 2 aromatic rings. The van der Waals surface area contributed by atoms with Gasteiger partial charge in [-0.1, -0.05) is 17.7 Å². The van der Waals surface area contributed by atoms with Gasteiger partial charge in [-0.2, -0.15) is 5.10 Å². The minimum Gasteiger partial charge on any atom is -0.504 e.